The van der Waals surface area contributed by atoms with Crippen LogP contribution in [0, 0.1) is 12.8 Å². The van der Waals surface area contributed by atoms with E-state index in [0.717, 1.165) is 42.5 Å². The van der Waals surface area contributed by atoms with Crippen molar-refractivity contribution in [3.8, 4) is 10.7 Å². The molecule has 0 saturated heterocycles. The summed E-state index contributed by atoms with van der Waals surface area (Å²) in [6, 6.07) is 1.94. The van der Waals surface area contributed by atoms with Crippen molar-refractivity contribution < 1.29 is 0 Å². The van der Waals surface area contributed by atoms with Crippen LogP contribution >= 0.6 is 11.3 Å². The monoisotopic (exact) mass is 304 g/mol. The molecule has 0 amide bonds. The number of thiazole rings is 1. The van der Waals surface area contributed by atoms with Gasteiger partial charge < -0.3 is 5.32 Å². The molecule has 5 heteroatoms. The van der Waals surface area contributed by atoms with E-state index in [1.807, 2.05) is 13.0 Å². The van der Waals surface area contributed by atoms with Gasteiger partial charge in [-0.3, -0.25) is 0 Å². The smallest absolute Gasteiger partial charge is 0.142 e. The number of aryl methyl sites for hydroxylation is 1. The molecule has 0 bridgehead atoms. The third-order valence-electron chi connectivity index (χ3n) is 3.09. The lowest BCUT2D eigenvalue weighted by Crippen LogP contribution is -2.14. The van der Waals surface area contributed by atoms with Crippen molar-refractivity contribution in [2.24, 2.45) is 5.92 Å². The van der Waals surface area contributed by atoms with Crippen molar-refractivity contribution in [3.63, 3.8) is 0 Å². The number of nitrogens with one attached hydrogen (secondary N) is 1. The van der Waals surface area contributed by atoms with Crippen LogP contribution in [-0.4, -0.2) is 21.5 Å². The van der Waals surface area contributed by atoms with E-state index in [9.17, 15) is 0 Å². The highest BCUT2D eigenvalue weighted by Gasteiger charge is 2.14. The quantitative estimate of drug-likeness (QED) is 0.794. The molecular weight excluding hydrogens is 280 g/mol. The molecule has 2 aromatic rings. The second kappa shape index (κ2) is 7.61. The van der Waals surface area contributed by atoms with Gasteiger partial charge in [0.2, 0.25) is 0 Å². The molecule has 0 radical (unpaired) electrons. The van der Waals surface area contributed by atoms with Crippen LogP contribution in [0.3, 0.4) is 0 Å². The standard InChI is InChI=1S/C16H24N4S/c1-5-7-17-10-15-14(9-11(2)3)20-16(21-15)13-6-8-18-12(4)19-13/h6,8,11,17H,5,7,9-10H2,1-4H3. The highest BCUT2D eigenvalue weighted by atomic mass is 32.1. The maximum atomic E-state index is 4.83. The summed E-state index contributed by atoms with van der Waals surface area (Å²) in [5.41, 5.74) is 2.14. The molecule has 0 spiro atoms. The van der Waals surface area contributed by atoms with Crippen molar-refractivity contribution in [1.82, 2.24) is 20.3 Å². The van der Waals surface area contributed by atoms with E-state index in [4.69, 9.17) is 4.98 Å². The van der Waals surface area contributed by atoms with Crippen molar-refractivity contribution in [3.05, 3.63) is 28.7 Å². The summed E-state index contributed by atoms with van der Waals surface area (Å²) in [4.78, 5) is 14.8. The van der Waals surface area contributed by atoms with E-state index in [1.165, 1.54) is 10.6 Å². The van der Waals surface area contributed by atoms with Crippen molar-refractivity contribution in [2.75, 3.05) is 6.54 Å². The minimum absolute atomic E-state index is 0.608. The lowest BCUT2D eigenvalue weighted by atomic mass is 10.1. The Morgan fingerprint density at radius 1 is 1.29 bits per heavy atom. The molecular formula is C16H24N4S. The average Bonchev–Trinajstić information content (AvgIpc) is 2.81. The molecule has 114 valence electrons. The zero-order chi connectivity index (χ0) is 15.2. The normalized spacial score (nSPS) is 11.3. The van der Waals surface area contributed by atoms with Crippen LogP contribution in [-0.2, 0) is 13.0 Å². The first-order chi connectivity index (χ1) is 10.1. The second-order valence-corrected chi connectivity index (χ2v) is 6.74. The fourth-order valence-electron chi connectivity index (χ4n) is 2.13. The van der Waals surface area contributed by atoms with Gasteiger partial charge in [-0.05, 0) is 38.3 Å². The average molecular weight is 304 g/mol. The molecule has 0 aliphatic heterocycles. The first-order valence-electron chi connectivity index (χ1n) is 7.59. The van der Waals surface area contributed by atoms with Crippen molar-refractivity contribution >= 4 is 11.3 Å². The molecule has 2 aromatic heterocycles. The van der Waals surface area contributed by atoms with E-state index in [1.54, 1.807) is 17.5 Å². The number of hydrogen-bond acceptors (Lipinski definition) is 5. The lowest BCUT2D eigenvalue weighted by Gasteiger charge is -2.05. The van der Waals surface area contributed by atoms with Crippen molar-refractivity contribution in [2.45, 2.75) is 47.1 Å². The summed E-state index contributed by atoms with van der Waals surface area (Å²) in [6.45, 7) is 10.5. The Labute approximate surface area is 131 Å². The molecule has 2 rings (SSSR count). The minimum atomic E-state index is 0.608. The lowest BCUT2D eigenvalue weighted by molar-refractivity contribution is 0.623. The first kappa shape index (κ1) is 16.0. The predicted octanol–water partition coefficient (Wildman–Crippen LogP) is 3.61. The highest BCUT2D eigenvalue weighted by Crippen LogP contribution is 2.28. The summed E-state index contributed by atoms with van der Waals surface area (Å²) >= 11 is 1.75. The fourth-order valence-corrected chi connectivity index (χ4v) is 3.16. The van der Waals surface area contributed by atoms with Gasteiger partial charge in [-0.1, -0.05) is 20.8 Å². The number of nitrogens with zero attached hydrogens (tertiary/aromatic N) is 3. The highest BCUT2D eigenvalue weighted by molar-refractivity contribution is 7.15. The van der Waals surface area contributed by atoms with Crippen LogP contribution in [0.25, 0.3) is 10.7 Å². The van der Waals surface area contributed by atoms with Crippen LogP contribution in [0.5, 0.6) is 0 Å². The zero-order valence-electron chi connectivity index (χ0n) is 13.3. The Kier molecular flexibility index (Phi) is 5.82. The molecule has 4 nitrogen and oxygen atoms in total. The second-order valence-electron chi connectivity index (χ2n) is 5.65. The Balaban J connectivity index is 2.26. The molecule has 21 heavy (non-hydrogen) atoms. The van der Waals surface area contributed by atoms with Gasteiger partial charge in [0.25, 0.3) is 0 Å². The number of hydrogen-bond donors (Lipinski definition) is 1. The maximum absolute atomic E-state index is 4.83. The third kappa shape index (κ3) is 4.58. The van der Waals surface area contributed by atoms with Gasteiger partial charge in [-0.2, -0.15) is 0 Å². The van der Waals surface area contributed by atoms with E-state index >= 15 is 0 Å². The Morgan fingerprint density at radius 3 is 2.76 bits per heavy atom. The molecule has 0 aromatic carbocycles. The van der Waals surface area contributed by atoms with E-state index in [2.05, 4.69) is 36.1 Å². The molecule has 1 N–H and O–H groups in total. The van der Waals surface area contributed by atoms with Gasteiger partial charge in [0.05, 0.1) is 5.69 Å². The van der Waals surface area contributed by atoms with Crippen LogP contribution in [0.2, 0.25) is 0 Å². The summed E-state index contributed by atoms with van der Waals surface area (Å²) in [5.74, 6) is 1.40. The van der Waals surface area contributed by atoms with Gasteiger partial charge in [-0.15, -0.1) is 11.3 Å². The Morgan fingerprint density at radius 2 is 2.10 bits per heavy atom. The Hall–Kier alpha value is -1.33. The molecule has 0 unspecified atom stereocenters. The van der Waals surface area contributed by atoms with E-state index in [-0.39, 0.29) is 0 Å². The first-order valence-corrected chi connectivity index (χ1v) is 8.41. The largest absolute Gasteiger partial charge is 0.312 e. The summed E-state index contributed by atoms with van der Waals surface area (Å²) in [5, 5.41) is 4.48. The van der Waals surface area contributed by atoms with Crippen LogP contribution in [0.1, 0.15) is 43.6 Å². The SMILES string of the molecule is CCCNCc1sc(-c2ccnc(C)n2)nc1CC(C)C. The molecule has 0 saturated carbocycles. The topological polar surface area (TPSA) is 50.7 Å². The molecule has 0 atom stereocenters. The van der Waals surface area contributed by atoms with Crippen molar-refractivity contribution in [1.29, 1.82) is 0 Å². The molecule has 0 fully saturated rings. The zero-order valence-corrected chi connectivity index (χ0v) is 14.1. The fraction of sp³-hybridized carbons (Fsp3) is 0.562. The third-order valence-corrected chi connectivity index (χ3v) is 4.21. The minimum Gasteiger partial charge on any atom is -0.312 e. The molecule has 0 aliphatic rings. The van der Waals surface area contributed by atoms with Crippen LogP contribution < -0.4 is 5.32 Å². The summed E-state index contributed by atoms with van der Waals surface area (Å²) in [6.07, 6.45) is 3.97. The molecule has 0 aliphatic carbocycles. The number of aromatic nitrogens is 3. The van der Waals surface area contributed by atoms with Gasteiger partial charge in [0.1, 0.15) is 16.5 Å². The maximum Gasteiger partial charge on any atom is 0.142 e. The van der Waals surface area contributed by atoms with E-state index in [0.29, 0.717) is 5.92 Å². The summed E-state index contributed by atoms with van der Waals surface area (Å²) in [7, 11) is 0. The van der Waals surface area contributed by atoms with Crippen LogP contribution in [0.4, 0.5) is 0 Å². The summed E-state index contributed by atoms with van der Waals surface area (Å²) < 4.78 is 0. The Bertz CT molecular complexity index is 577. The van der Waals surface area contributed by atoms with Gasteiger partial charge in [0, 0.05) is 17.6 Å². The number of rotatable bonds is 7. The predicted molar refractivity (Wildman–Crippen MR) is 88.4 cm³/mol. The van der Waals surface area contributed by atoms with Crippen LogP contribution in [0.15, 0.2) is 12.3 Å². The molecule has 2 heterocycles. The van der Waals surface area contributed by atoms with E-state index < -0.39 is 0 Å². The van der Waals surface area contributed by atoms with Gasteiger partial charge >= 0.3 is 0 Å². The van der Waals surface area contributed by atoms with Gasteiger partial charge in [-0.25, -0.2) is 15.0 Å². The van der Waals surface area contributed by atoms with Gasteiger partial charge in [0.15, 0.2) is 0 Å².